The van der Waals surface area contributed by atoms with E-state index in [4.69, 9.17) is 0 Å². The van der Waals surface area contributed by atoms with Crippen LogP contribution in [0.3, 0.4) is 0 Å². The van der Waals surface area contributed by atoms with E-state index in [1.807, 2.05) is 32.0 Å². The fraction of sp³-hybridized carbons (Fsp3) is 0.188. The van der Waals surface area contributed by atoms with Crippen molar-refractivity contribution < 1.29 is 9.72 Å². The van der Waals surface area contributed by atoms with Gasteiger partial charge in [-0.25, -0.2) is 0 Å². The van der Waals surface area contributed by atoms with Gasteiger partial charge in [0.25, 0.3) is 11.6 Å². The zero-order valence-electron chi connectivity index (χ0n) is 12.1. The summed E-state index contributed by atoms with van der Waals surface area (Å²) in [7, 11) is 0. The van der Waals surface area contributed by atoms with Crippen LogP contribution in [-0.2, 0) is 0 Å². The van der Waals surface area contributed by atoms with Crippen molar-refractivity contribution in [2.24, 2.45) is 0 Å². The van der Waals surface area contributed by atoms with Gasteiger partial charge in [0.05, 0.1) is 4.92 Å². The topological polar surface area (TPSA) is 72.2 Å². The number of nitrogens with one attached hydrogen (secondary N) is 1. The second-order valence-electron chi connectivity index (χ2n) is 5.09. The number of benzene rings is 2. The van der Waals surface area contributed by atoms with E-state index in [9.17, 15) is 14.9 Å². The molecule has 0 radical (unpaired) electrons. The van der Waals surface area contributed by atoms with Gasteiger partial charge in [0.15, 0.2) is 0 Å². The molecular formula is C16H16N2O3. The lowest BCUT2D eigenvalue weighted by Crippen LogP contribution is -2.13. The molecule has 0 saturated carbocycles. The molecule has 0 spiro atoms. The van der Waals surface area contributed by atoms with Crippen LogP contribution in [0.5, 0.6) is 0 Å². The molecule has 0 fully saturated rings. The van der Waals surface area contributed by atoms with Gasteiger partial charge in [0, 0.05) is 23.4 Å². The normalized spacial score (nSPS) is 10.2. The maximum atomic E-state index is 12.2. The Bertz CT molecular complexity index is 703. The van der Waals surface area contributed by atoms with Crippen molar-refractivity contribution >= 4 is 17.3 Å². The Morgan fingerprint density at radius 1 is 1.05 bits per heavy atom. The molecule has 21 heavy (non-hydrogen) atoms. The molecule has 1 N–H and O–H groups in total. The van der Waals surface area contributed by atoms with Crippen molar-refractivity contribution in [3.8, 4) is 0 Å². The number of rotatable bonds is 3. The standard InChI is InChI=1S/C16H16N2O3/c1-10-6-11(2)8-13(7-10)16(19)17-15-5-4-14(18(20)21)9-12(15)3/h4-9H,1-3H3,(H,17,19). The van der Waals surface area contributed by atoms with Crippen molar-refractivity contribution in [3.63, 3.8) is 0 Å². The summed E-state index contributed by atoms with van der Waals surface area (Å²) in [5.74, 6) is -0.223. The van der Waals surface area contributed by atoms with Crippen LogP contribution in [0.2, 0.25) is 0 Å². The highest BCUT2D eigenvalue weighted by molar-refractivity contribution is 6.04. The summed E-state index contributed by atoms with van der Waals surface area (Å²) in [5, 5.41) is 13.5. The van der Waals surface area contributed by atoms with Crippen LogP contribution >= 0.6 is 0 Å². The Labute approximate surface area is 122 Å². The molecule has 0 bridgehead atoms. The van der Waals surface area contributed by atoms with Crippen LogP contribution in [0.25, 0.3) is 0 Å². The fourth-order valence-corrected chi connectivity index (χ4v) is 2.20. The molecule has 0 saturated heterocycles. The first-order chi connectivity index (χ1) is 9.86. The van der Waals surface area contributed by atoms with Crippen LogP contribution in [-0.4, -0.2) is 10.8 Å². The summed E-state index contributed by atoms with van der Waals surface area (Å²) in [6, 6.07) is 9.98. The number of nitro groups is 1. The molecule has 2 aromatic rings. The Balaban J connectivity index is 2.25. The third-order valence-electron chi connectivity index (χ3n) is 3.15. The molecule has 5 nitrogen and oxygen atoms in total. The minimum atomic E-state index is -0.456. The summed E-state index contributed by atoms with van der Waals surface area (Å²) in [4.78, 5) is 22.5. The minimum Gasteiger partial charge on any atom is -0.322 e. The smallest absolute Gasteiger partial charge is 0.269 e. The molecule has 0 aromatic heterocycles. The third kappa shape index (κ3) is 3.45. The van der Waals surface area contributed by atoms with Crippen molar-refractivity contribution in [1.82, 2.24) is 0 Å². The lowest BCUT2D eigenvalue weighted by molar-refractivity contribution is -0.384. The maximum absolute atomic E-state index is 12.2. The first-order valence-electron chi connectivity index (χ1n) is 6.51. The van der Waals surface area contributed by atoms with Crippen molar-refractivity contribution in [1.29, 1.82) is 0 Å². The number of non-ortho nitro benzene ring substituents is 1. The molecule has 0 heterocycles. The largest absolute Gasteiger partial charge is 0.322 e. The van der Waals surface area contributed by atoms with Crippen LogP contribution in [0.1, 0.15) is 27.0 Å². The molecule has 2 rings (SSSR count). The van der Waals surface area contributed by atoms with E-state index >= 15 is 0 Å². The van der Waals surface area contributed by atoms with Crippen LogP contribution in [0.15, 0.2) is 36.4 Å². The van der Waals surface area contributed by atoms with Gasteiger partial charge in [-0.15, -0.1) is 0 Å². The highest BCUT2D eigenvalue weighted by atomic mass is 16.6. The van der Waals surface area contributed by atoms with Gasteiger partial charge in [0.2, 0.25) is 0 Å². The number of carbonyl (C=O) groups excluding carboxylic acids is 1. The Morgan fingerprint density at radius 2 is 1.67 bits per heavy atom. The van der Waals surface area contributed by atoms with Crippen LogP contribution < -0.4 is 5.32 Å². The second kappa shape index (κ2) is 5.75. The van der Waals surface area contributed by atoms with Gasteiger partial charge in [-0.3, -0.25) is 14.9 Å². The lowest BCUT2D eigenvalue weighted by atomic mass is 10.1. The molecule has 0 aliphatic heterocycles. The number of aryl methyl sites for hydroxylation is 3. The van der Waals surface area contributed by atoms with E-state index in [2.05, 4.69) is 5.32 Å². The van der Waals surface area contributed by atoms with E-state index in [0.717, 1.165) is 11.1 Å². The number of nitro benzene ring substituents is 1. The zero-order valence-corrected chi connectivity index (χ0v) is 12.1. The van der Waals surface area contributed by atoms with Gasteiger partial charge in [-0.1, -0.05) is 17.2 Å². The molecule has 2 aromatic carbocycles. The molecule has 0 aliphatic rings. The summed E-state index contributed by atoms with van der Waals surface area (Å²) in [6.07, 6.45) is 0. The molecule has 1 amide bonds. The Hall–Kier alpha value is -2.69. The number of anilines is 1. The summed E-state index contributed by atoms with van der Waals surface area (Å²) in [5.41, 5.74) is 3.84. The average Bonchev–Trinajstić information content (AvgIpc) is 2.39. The Kier molecular flexibility index (Phi) is 4.03. The van der Waals surface area contributed by atoms with Crippen molar-refractivity contribution in [3.05, 3.63) is 68.8 Å². The van der Waals surface area contributed by atoms with E-state index in [1.54, 1.807) is 13.0 Å². The maximum Gasteiger partial charge on any atom is 0.269 e. The summed E-state index contributed by atoms with van der Waals surface area (Å²) in [6.45, 7) is 5.59. The third-order valence-corrected chi connectivity index (χ3v) is 3.15. The number of hydrogen-bond acceptors (Lipinski definition) is 3. The summed E-state index contributed by atoms with van der Waals surface area (Å²) >= 11 is 0. The van der Waals surface area contributed by atoms with Crippen molar-refractivity contribution in [2.75, 3.05) is 5.32 Å². The highest BCUT2D eigenvalue weighted by Gasteiger charge is 2.12. The highest BCUT2D eigenvalue weighted by Crippen LogP contribution is 2.22. The molecule has 0 atom stereocenters. The first-order valence-corrected chi connectivity index (χ1v) is 6.51. The summed E-state index contributed by atoms with van der Waals surface area (Å²) < 4.78 is 0. The van der Waals surface area contributed by atoms with E-state index in [1.165, 1.54) is 12.1 Å². The van der Waals surface area contributed by atoms with Crippen LogP contribution in [0.4, 0.5) is 11.4 Å². The van der Waals surface area contributed by atoms with E-state index < -0.39 is 4.92 Å². The van der Waals surface area contributed by atoms with E-state index in [0.29, 0.717) is 16.8 Å². The predicted octanol–water partition coefficient (Wildman–Crippen LogP) is 3.77. The number of hydrogen-bond donors (Lipinski definition) is 1. The predicted molar refractivity (Wildman–Crippen MR) is 81.7 cm³/mol. The number of carbonyl (C=O) groups is 1. The molecule has 0 aliphatic carbocycles. The number of amides is 1. The zero-order chi connectivity index (χ0) is 15.6. The first kappa shape index (κ1) is 14.7. The van der Waals surface area contributed by atoms with Gasteiger partial charge in [-0.05, 0) is 44.5 Å². The van der Waals surface area contributed by atoms with Crippen LogP contribution in [0, 0.1) is 30.9 Å². The SMILES string of the molecule is Cc1cc(C)cc(C(=O)Nc2ccc([N+](=O)[O-])cc2C)c1. The quantitative estimate of drug-likeness (QED) is 0.688. The molecule has 108 valence electrons. The Morgan fingerprint density at radius 3 is 2.19 bits per heavy atom. The van der Waals surface area contributed by atoms with Gasteiger partial charge >= 0.3 is 0 Å². The number of nitrogens with zero attached hydrogens (tertiary/aromatic N) is 1. The van der Waals surface area contributed by atoms with Gasteiger partial charge in [-0.2, -0.15) is 0 Å². The monoisotopic (exact) mass is 284 g/mol. The molecule has 5 heteroatoms. The van der Waals surface area contributed by atoms with Gasteiger partial charge in [0.1, 0.15) is 0 Å². The fourth-order valence-electron chi connectivity index (χ4n) is 2.20. The average molecular weight is 284 g/mol. The lowest BCUT2D eigenvalue weighted by Gasteiger charge is -2.09. The second-order valence-corrected chi connectivity index (χ2v) is 5.09. The van der Waals surface area contributed by atoms with Gasteiger partial charge < -0.3 is 5.32 Å². The molecular weight excluding hydrogens is 268 g/mol. The molecule has 0 unspecified atom stereocenters. The van der Waals surface area contributed by atoms with E-state index in [-0.39, 0.29) is 11.6 Å². The van der Waals surface area contributed by atoms with Crippen molar-refractivity contribution in [2.45, 2.75) is 20.8 Å². The minimum absolute atomic E-state index is 0.0110.